The molecule has 0 saturated carbocycles. The van der Waals surface area contributed by atoms with Crippen LogP contribution < -0.4 is 19.7 Å². The first-order chi connectivity index (χ1) is 23.3. The van der Waals surface area contributed by atoms with Crippen molar-refractivity contribution in [3.8, 4) is 46.9 Å². The van der Waals surface area contributed by atoms with Crippen LogP contribution in [-0.2, 0) is 0 Å². The molecular weight excluding hydrogens is 619 g/mol. The molecule has 0 amide bonds. The summed E-state index contributed by atoms with van der Waals surface area (Å²) in [5, 5.41) is 26.1. The lowest BCUT2D eigenvalue weighted by Crippen LogP contribution is -2.60. The number of ether oxygens (including phenoxy) is 2. The minimum Gasteiger partial charge on any atom is -0.508 e. The van der Waals surface area contributed by atoms with Crippen LogP contribution in [0.4, 0.5) is 18.9 Å². The third kappa shape index (κ3) is 4.20. The van der Waals surface area contributed by atoms with Gasteiger partial charge in [0.15, 0.2) is 5.82 Å². The lowest BCUT2D eigenvalue weighted by Gasteiger charge is -2.41. The number of anilines is 1. The van der Waals surface area contributed by atoms with Gasteiger partial charge < -0.3 is 24.8 Å². The monoisotopic (exact) mass is 651 g/mol. The molecule has 3 aromatic carbocycles. The van der Waals surface area contributed by atoms with Crippen LogP contribution in [0.5, 0.6) is 17.4 Å². The molecule has 2 N–H and O–H groups in total. The van der Waals surface area contributed by atoms with Crippen LogP contribution in [0, 0.1) is 35.3 Å². The van der Waals surface area contributed by atoms with Gasteiger partial charge in [-0.1, -0.05) is 12.0 Å². The van der Waals surface area contributed by atoms with Gasteiger partial charge in [0.2, 0.25) is 5.88 Å². The molecule has 4 fully saturated rings. The number of rotatable bonds is 4. The first kappa shape index (κ1) is 29.4. The Morgan fingerprint density at radius 2 is 2.02 bits per heavy atom. The van der Waals surface area contributed by atoms with Gasteiger partial charge in [0.1, 0.15) is 53.9 Å². The first-order valence-electron chi connectivity index (χ1n) is 16.5. The van der Waals surface area contributed by atoms with Gasteiger partial charge in [-0.25, -0.2) is 18.2 Å². The molecule has 5 aliphatic rings. The second-order valence-corrected chi connectivity index (χ2v) is 13.8. The molecule has 8 nitrogen and oxygen atoms in total. The fraction of sp³-hybridized carbons (Fsp3) is 0.405. The van der Waals surface area contributed by atoms with Crippen LogP contribution in [0.15, 0.2) is 30.3 Å². The highest BCUT2D eigenvalue weighted by molar-refractivity contribution is 6.07. The number of nitriles is 1. The van der Waals surface area contributed by atoms with Gasteiger partial charge in [-0.05, 0) is 67.4 Å². The maximum atomic E-state index is 17.2. The summed E-state index contributed by atoms with van der Waals surface area (Å²) >= 11 is 0. The van der Waals surface area contributed by atoms with Crippen molar-refractivity contribution in [2.24, 2.45) is 0 Å². The number of aromatic nitrogens is 1. The number of fused-ring (bicyclic) bond motifs is 7. The first-order valence-corrected chi connectivity index (χ1v) is 16.5. The Morgan fingerprint density at radius 3 is 2.85 bits per heavy atom. The second-order valence-electron chi connectivity index (χ2n) is 13.8. The molecule has 3 unspecified atom stereocenters. The van der Waals surface area contributed by atoms with Crippen molar-refractivity contribution in [2.75, 3.05) is 37.7 Å². The number of phenolic OH excluding ortho intramolecular Hbond substituents is 1. The molecule has 5 atom stereocenters. The van der Waals surface area contributed by atoms with E-state index >= 15 is 8.78 Å². The fourth-order valence-corrected chi connectivity index (χ4v) is 9.10. The van der Waals surface area contributed by atoms with Gasteiger partial charge in [-0.3, -0.25) is 4.90 Å². The number of pyridine rings is 1. The molecule has 0 radical (unpaired) electrons. The summed E-state index contributed by atoms with van der Waals surface area (Å²) in [6, 6.07) is 9.50. The predicted octanol–water partition coefficient (Wildman–Crippen LogP) is 5.55. The summed E-state index contributed by atoms with van der Waals surface area (Å²) in [4.78, 5) is 8.95. The Morgan fingerprint density at radius 1 is 1.15 bits per heavy atom. The summed E-state index contributed by atoms with van der Waals surface area (Å²) in [5.74, 6) is 1.13. The Labute approximate surface area is 275 Å². The van der Waals surface area contributed by atoms with Crippen molar-refractivity contribution in [2.45, 2.75) is 61.9 Å². The standard InChI is InChI=1S/C37H32F3N5O3/c1-2-23-27(39)6-4-19-10-22(46)11-24(31(19)23)25-12-30-32-34(33(25)40)43-36(48-18-37-8-3-9-44(37)15-20(38)13-37)26(14-41)35(32)45-16-21-5-7-28(42-21)29(45)17-47-30/h1,4,6,10-12,20-21,28-29,42,46H,3,5,7-9,13,15-18H2/t20-,21?,28?,29?,37+/m1/s1. The van der Waals surface area contributed by atoms with E-state index in [1.54, 1.807) is 0 Å². The molecule has 0 spiro atoms. The molecule has 244 valence electrons. The van der Waals surface area contributed by atoms with E-state index in [9.17, 15) is 14.8 Å². The SMILES string of the molecule is C#Cc1c(F)ccc2cc(O)cc(-c3cc4c5c(c(C#N)c(OC[C@@]67CCCN6C[C@H](F)C7)nc5c3F)N3CC5CCC(N5)C3CO4)c12. The topological polar surface area (TPSA) is 93.9 Å². The Hall–Kier alpha value is -4.71. The largest absolute Gasteiger partial charge is 0.508 e. The number of hydrogen-bond acceptors (Lipinski definition) is 8. The molecule has 5 aliphatic heterocycles. The average molecular weight is 652 g/mol. The van der Waals surface area contributed by atoms with Crippen LogP contribution in [0.2, 0.25) is 0 Å². The van der Waals surface area contributed by atoms with Crippen molar-refractivity contribution in [1.82, 2.24) is 15.2 Å². The summed E-state index contributed by atoms with van der Waals surface area (Å²) in [6.45, 7) is 2.08. The van der Waals surface area contributed by atoms with E-state index in [-0.39, 0.29) is 76.1 Å². The van der Waals surface area contributed by atoms with Crippen molar-refractivity contribution < 1.29 is 27.8 Å². The van der Waals surface area contributed by atoms with E-state index in [1.165, 1.54) is 30.3 Å². The van der Waals surface area contributed by atoms with E-state index in [2.05, 4.69) is 27.1 Å². The summed E-state index contributed by atoms with van der Waals surface area (Å²) in [7, 11) is 0. The van der Waals surface area contributed by atoms with E-state index in [4.69, 9.17) is 20.9 Å². The third-order valence-corrected chi connectivity index (χ3v) is 11.2. The smallest absolute Gasteiger partial charge is 0.234 e. The molecule has 48 heavy (non-hydrogen) atoms. The van der Waals surface area contributed by atoms with Gasteiger partial charge >= 0.3 is 0 Å². The summed E-state index contributed by atoms with van der Waals surface area (Å²) < 4.78 is 59.8. The van der Waals surface area contributed by atoms with Gasteiger partial charge in [0.05, 0.1) is 28.2 Å². The summed E-state index contributed by atoms with van der Waals surface area (Å²) in [6.07, 6.45) is 8.68. The molecule has 0 aliphatic carbocycles. The quantitative estimate of drug-likeness (QED) is 0.278. The average Bonchev–Trinajstić information content (AvgIpc) is 3.71. The number of halogens is 3. The molecule has 4 saturated heterocycles. The number of hydrogen-bond donors (Lipinski definition) is 2. The normalized spacial score (nSPS) is 27.3. The van der Waals surface area contributed by atoms with E-state index in [0.29, 0.717) is 41.7 Å². The zero-order valence-corrected chi connectivity index (χ0v) is 26.0. The molecule has 6 heterocycles. The number of alkyl halides is 1. The predicted molar refractivity (Wildman–Crippen MR) is 174 cm³/mol. The minimum absolute atomic E-state index is 0.00533. The van der Waals surface area contributed by atoms with Gasteiger partial charge in [-0.15, -0.1) is 6.42 Å². The molecule has 9 rings (SSSR count). The van der Waals surface area contributed by atoms with Crippen LogP contribution >= 0.6 is 0 Å². The maximum absolute atomic E-state index is 17.2. The zero-order chi connectivity index (χ0) is 32.9. The molecular formula is C37H32F3N5O3. The van der Waals surface area contributed by atoms with Crippen LogP contribution in [0.3, 0.4) is 0 Å². The van der Waals surface area contributed by atoms with Crippen LogP contribution in [0.25, 0.3) is 32.8 Å². The zero-order valence-electron chi connectivity index (χ0n) is 26.0. The number of piperazine rings is 1. The number of nitrogens with zero attached hydrogens (tertiary/aromatic N) is 4. The van der Waals surface area contributed by atoms with Crippen LogP contribution in [-0.4, -0.2) is 77.7 Å². The van der Waals surface area contributed by atoms with E-state index < -0.39 is 23.3 Å². The molecule has 11 heteroatoms. The van der Waals surface area contributed by atoms with Crippen molar-refractivity contribution in [1.29, 1.82) is 5.26 Å². The van der Waals surface area contributed by atoms with Gasteiger partial charge in [0.25, 0.3) is 0 Å². The highest BCUT2D eigenvalue weighted by Crippen LogP contribution is 2.50. The highest BCUT2D eigenvalue weighted by Gasteiger charge is 2.50. The van der Waals surface area contributed by atoms with Crippen molar-refractivity contribution in [3.63, 3.8) is 0 Å². The molecule has 2 bridgehead atoms. The lowest BCUT2D eigenvalue weighted by molar-refractivity contribution is 0.110. The third-order valence-electron chi connectivity index (χ3n) is 11.2. The number of phenols is 1. The number of nitrogens with one attached hydrogen (secondary N) is 1. The number of benzene rings is 3. The Bertz CT molecular complexity index is 2130. The lowest BCUT2D eigenvalue weighted by atomic mass is 9.92. The highest BCUT2D eigenvalue weighted by atomic mass is 19.1. The van der Waals surface area contributed by atoms with Crippen molar-refractivity contribution in [3.05, 3.63) is 53.1 Å². The van der Waals surface area contributed by atoms with E-state index in [1.807, 2.05) is 0 Å². The molecule has 4 aromatic rings. The fourth-order valence-electron chi connectivity index (χ4n) is 9.10. The van der Waals surface area contributed by atoms with Crippen molar-refractivity contribution >= 4 is 27.4 Å². The minimum atomic E-state index is -0.967. The maximum Gasteiger partial charge on any atom is 0.234 e. The van der Waals surface area contributed by atoms with Gasteiger partial charge in [-0.2, -0.15) is 5.26 Å². The Kier molecular flexibility index (Phi) is 6.53. The summed E-state index contributed by atoms with van der Waals surface area (Å²) in [5.41, 5.74) is 0.213. The van der Waals surface area contributed by atoms with Crippen LogP contribution in [0.1, 0.15) is 43.2 Å². The Balaban J connectivity index is 1.29. The van der Waals surface area contributed by atoms with Gasteiger partial charge in [0, 0.05) is 42.5 Å². The molecule has 1 aromatic heterocycles. The number of aromatic hydroxyl groups is 1. The number of terminal acetylenes is 1. The second kappa shape index (κ2) is 10.6. The van der Waals surface area contributed by atoms with E-state index in [0.717, 1.165) is 32.2 Å².